The first-order valence-electron chi connectivity index (χ1n) is 10.9. The second-order valence-electron chi connectivity index (χ2n) is 6.98. The van der Waals surface area contributed by atoms with E-state index in [1.54, 1.807) is 0 Å². The Bertz CT molecular complexity index is 720. The quantitative estimate of drug-likeness (QED) is 0.239. The van der Waals surface area contributed by atoms with Crippen molar-refractivity contribution in [2.24, 2.45) is 5.73 Å². The van der Waals surface area contributed by atoms with E-state index in [4.69, 9.17) is 15.9 Å². The molecule has 0 rings (SSSR count). The second-order valence-corrected chi connectivity index (χ2v) is 8.60. The fraction of sp³-hybridized carbons (Fsp3) is 0.440. The molecule has 0 aliphatic heterocycles. The van der Waals surface area contributed by atoms with Gasteiger partial charge in [0.25, 0.3) is 0 Å². The maximum absolute atomic E-state index is 11.7. The maximum atomic E-state index is 11.7. The van der Waals surface area contributed by atoms with Gasteiger partial charge < -0.3 is 15.9 Å². The van der Waals surface area contributed by atoms with E-state index in [0.29, 0.717) is 18.6 Å². The molecule has 2 atom stereocenters. The van der Waals surface area contributed by atoms with Gasteiger partial charge in [-0.15, -0.1) is 0 Å². The van der Waals surface area contributed by atoms with Crippen molar-refractivity contribution in [2.75, 3.05) is 11.5 Å². The van der Waals surface area contributed by atoms with Crippen molar-refractivity contribution in [2.45, 2.75) is 57.4 Å². The smallest absolute Gasteiger partial charge is 0.321 e. The molecule has 0 saturated carbocycles. The number of carbonyl (C=O) groups is 2. The number of hydrogen-bond acceptors (Lipinski definition) is 4. The monoisotopic (exact) mass is 463 g/mol. The lowest BCUT2D eigenvalue weighted by Gasteiger charge is -2.04. The summed E-state index contributed by atoms with van der Waals surface area (Å²) in [5.41, 5.74) is 5.36. The molecule has 6 nitrogen and oxygen atoms in total. The van der Waals surface area contributed by atoms with Gasteiger partial charge in [-0.1, -0.05) is 72.9 Å². The average Bonchev–Trinajstić information content (AvgIpc) is 2.74. The highest BCUT2D eigenvalue weighted by Crippen LogP contribution is 1.98. The normalized spacial score (nSPS) is 14.7. The van der Waals surface area contributed by atoms with Crippen LogP contribution >= 0.6 is 0 Å². The largest absolute Gasteiger partial charge is 0.481 e. The van der Waals surface area contributed by atoms with Crippen LogP contribution < -0.4 is 5.73 Å². The predicted molar refractivity (Wildman–Crippen MR) is 133 cm³/mol. The van der Waals surface area contributed by atoms with Crippen LogP contribution in [-0.4, -0.2) is 43.9 Å². The second kappa shape index (κ2) is 21.7. The molecule has 0 spiro atoms. The van der Waals surface area contributed by atoms with Crippen LogP contribution in [0.4, 0.5) is 0 Å². The number of carboxylic acid groups (broad SMARTS) is 2. The minimum Gasteiger partial charge on any atom is -0.481 e. The highest BCUT2D eigenvalue weighted by molar-refractivity contribution is 7.85. The predicted octanol–water partition coefficient (Wildman–Crippen LogP) is 4.69. The Morgan fingerprint density at radius 2 is 1.06 bits per heavy atom. The maximum Gasteiger partial charge on any atom is 0.321 e. The highest BCUT2D eigenvalue weighted by atomic mass is 32.2. The Morgan fingerprint density at radius 1 is 0.688 bits per heavy atom. The van der Waals surface area contributed by atoms with E-state index in [9.17, 15) is 13.8 Å². The van der Waals surface area contributed by atoms with Gasteiger partial charge in [0, 0.05) is 28.7 Å². The summed E-state index contributed by atoms with van der Waals surface area (Å²) < 4.78 is 11.7. The molecule has 0 heterocycles. The summed E-state index contributed by atoms with van der Waals surface area (Å²) in [6, 6.07) is -1.06. The summed E-state index contributed by atoms with van der Waals surface area (Å²) in [5.74, 6) is -1.46. The number of carboxylic acids is 2. The summed E-state index contributed by atoms with van der Waals surface area (Å²) in [4.78, 5) is 21.0. The van der Waals surface area contributed by atoms with Crippen molar-refractivity contribution >= 4 is 22.7 Å². The Labute approximate surface area is 194 Å². The van der Waals surface area contributed by atoms with Crippen LogP contribution in [0, 0.1) is 0 Å². The summed E-state index contributed by atoms with van der Waals surface area (Å²) in [5, 5.41) is 17.2. The van der Waals surface area contributed by atoms with Crippen molar-refractivity contribution in [3.8, 4) is 0 Å². The van der Waals surface area contributed by atoms with E-state index in [0.717, 1.165) is 32.1 Å². The number of nitrogens with two attached hydrogens (primary N) is 1. The molecule has 0 aromatic heterocycles. The fourth-order valence-electron chi connectivity index (χ4n) is 2.35. The molecule has 32 heavy (non-hydrogen) atoms. The van der Waals surface area contributed by atoms with E-state index in [1.807, 2.05) is 24.3 Å². The van der Waals surface area contributed by atoms with Crippen LogP contribution in [0.1, 0.15) is 51.4 Å². The molecule has 0 bridgehead atoms. The molecule has 0 amide bonds. The molecule has 0 aliphatic rings. The van der Waals surface area contributed by atoms with E-state index >= 15 is 0 Å². The molecular weight excluding hydrogens is 426 g/mol. The zero-order valence-electron chi connectivity index (χ0n) is 18.7. The van der Waals surface area contributed by atoms with Gasteiger partial charge in [-0.3, -0.25) is 13.8 Å². The Kier molecular flexibility index (Phi) is 20.0. The summed E-state index contributed by atoms with van der Waals surface area (Å²) in [6.45, 7) is 0. The van der Waals surface area contributed by atoms with Gasteiger partial charge in [0.2, 0.25) is 0 Å². The molecule has 2 unspecified atom stereocenters. The van der Waals surface area contributed by atoms with Gasteiger partial charge in [0.05, 0.1) is 0 Å². The SMILES string of the molecule is NC(CS(=O)CC/C=C\C/C=C\C/C=C\C/C=C\C/C=C\C/C=C\CCC(=O)O)C(=O)O. The third-order valence-corrected chi connectivity index (χ3v) is 5.50. The van der Waals surface area contributed by atoms with Crippen LogP contribution in [0.3, 0.4) is 0 Å². The third-order valence-electron chi connectivity index (χ3n) is 4.08. The fourth-order valence-corrected chi connectivity index (χ4v) is 3.46. The summed E-state index contributed by atoms with van der Waals surface area (Å²) >= 11 is 0. The number of rotatable bonds is 19. The van der Waals surface area contributed by atoms with Crippen molar-refractivity contribution in [3.05, 3.63) is 72.9 Å². The number of allylic oxidation sites excluding steroid dienone is 12. The third kappa shape index (κ3) is 22.2. The minimum atomic E-state index is -1.20. The number of hydrogen-bond donors (Lipinski definition) is 3. The molecule has 0 fully saturated rings. The summed E-state index contributed by atoms with van der Waals surface area (Å²) in [6.07, 6.45) is 30.4. The zero-order chi connectivity index (χ0) is 23.9. The van der Waals surface area contributed by atoms with Gasteiger partial charge in [-0.25, -0.2) is 0 Å². The molecule has 7 heteroatoms. The van der Waals surface area contributed by atoms with E-state index in [2.05, 4.69) is 48.6 Å². The molecular formula is C25H37NO5S. The van der Waals surface area contributed by atoms with Crippen LogP contribution in [0.15, 0.2) is 72.9 Å². The Balaban J connectivity index is 3.65. The van der Waals surface area contributed by atoms with Gasteiger partial charge in [-0.2, -0.15) is 0 Å². The molecule has 0 radical (unpaired) electrons. The first-order chi connectivity index (χ1) is 15.4. The van der Waals surface area contributed by atoms with Gasteiger partial charge in [0.15, 0.2) is 0 Å². The van der Waals surface area contributed by atoms with Crippen LogP contribution in [0.5, 0.6) is 0 Å². The molecule has 0 aromatic rings. The van der Waals surface area contributed by atoms with E-state index < -0.39 is 28.8 Å². The topological polar surface area (TPSA) is 118 Å². The van der Waals surface area contributed by atoms with Crippen LogP contribution in [0.2, 0.25) is 0 Å². The lowest BCUT2D eigenvalue weighted by atomic mass is 10.2. The first kappa shape index (κ1) is 29.5. The molecule has 0 saturated heterocycles. The van der Waals surface area contributed by atoms with Crippen molar-refractivity contribution < 1.29 is 24.0 Å². The minimum absolute atomic E-state index is 0.00349. The standard InChI is InChI=1S/C25H37NO5S/c26-23(25(29)30)22-32(31)21-19-17-15-13-11-9-7-5-3-1-2-4-6-8-10-12-14-16-18-20-24(27)28/h2-5,8-11,14-17,23H,1,6-7,12-13,18-22,26H2,(H,27,28)(H,29,30)/b4-2-,5-3-,10-8-,11-9-,16-14-,17-15-. The zero-order valence-corrected chi connectivity index (χ0v) is 19.5. The molecule has 4 N–H and O–H groups in total. The Hall–Kier alpha value is -2.51. The molecule has 0 aliphatic carbocycles. The van der Waals surface area contributed by atoms with Gasteiger partial charge in [-0.05, 0) is 44.9 Å². The van der Waals surface area contributed by atoms with Gasteiger partial charge >= 0.3 is 11.9 Å². The van der Waals surface area contributed by atoms with Crippen molar-refractivity contribution in [1.29, 1.82) is 0 Å². The van der Waals surface area contributed by atoms with Gasteiger partial charge in [0.1, 0.15) is 6.04 Å². The summed E-state index contributed by atoms with van der Waals surface area (Å²) in [7, 11) is -1.20. The van der Waals surface area contributed by atoms with Crippen molar-refractivity contribution in [1.82, 2.24) is 0 Å². The van der Waals surface area contributed by atoms with Crippen LogP contribution in [0.25, 0.3) is 0 Å². The van der Waals surface area contributed by atoms with Crippen molar-refractivity contribution in [3.63, 3.8) is 0 Å². The molecule has 0 aromatic carbocycles. The Morgan fingerprint density at radius 3 is 1.44 bits per heavy atom. The van der Waals surface area contributed by atoms with E-state index in [1.165, 1.54) is 0 Å². The highest BCUT2D eigenvalue weighted by Gasteiger charge is 2.14. The lowest BCUT2D eigenvalue weighted by Crippen LogP contribution is -2.36. The van der Waals surface area contributed by atoms with Crippen LogP contribution in [-0.2, 0) is 20.4 Å². The van der Waals surface area contributed by atoms with E-state index in [-0.39, 0.29) is 12.2 Å². The number of aliphatic carboxylic acids is 2. The first-order valence-corrected chi connectivity index (χ1v) is 12.4. The lowest BCUT2D eigenvalue weighted by molar-refractivity contribution is -0.138. The average molecular weight is 464 g/mol. The molecule has 178 valence electrons.